The van der Waals surface area contributed by atoms with Crippen molar-refractivity contribution < 1.29 is 48.0 Å². The third kappa shape index (κ3) is 6.59. The van der Waals surface area contributed by atoms with Crippen molar-refractivity contribution in [3.63, 3.8) is 0 Å². The second-order valence-electron chi connectivity index (χ2n) is 15.5. The van der Waals surface area contributed by atoms with Gasteiger partial charge in [0.1, 0.15) is 36.6 Å². The van der Waals surface area contributed by atoms with Gasteiger partial charge < -0.3 is 33.7 Å². The Labute approximate surface area is 285 Å². The normalized spacial score (nSPS) is 46.1. The Morgan fingerprint density at radius 1 is 1.08 bits per heavy atom. The van der Waals surface area contributed by atoms with Crippen molar-refractivity contribution in [2.24, 2.45) is 29.1 Å². The van der Waals surface area contributed by atoms with Crippen LogP contribution in [-0.4, -0.2) is 127 Å². The molecule has 0 saturated carbocycles. The number of aliphatic hydroxyl groups is 1. The van der Waals surface area contributed by atoms with Gasteiger partial charge in [0.05, 0.1) is 17.8 Å². The topological polar surface area (TPSA) is 141 Å². The molecule has 4 aliphatic rings. The molecular formula is C36H56N2O10. The summed E-state index contributed by atoms with van der Waals surface area (Å²) in [6.45, 7) is 14.1. The monoisotopic (exact) mass is 676 g/mol. The van der Waals surface area contributed by atoms with E-state index in [0.717, 1.165) is 0 Å². The van der Waals surface area contributed by atoms with E-state index in [1.807, 2.05) is 44.7 Å². The molecule has 4 rings (SSSR count). The number of Topliss-reactive ketones (excluding diaryl/α,β-unsaturated/α-hetero) is 2. The number of carbonyl (C=O) groups excluding carboxylic acids is 4. The van der Waals surface area contributed by atoms with E-state index in [9.17, 15) is 24.3 Å². The molecule has 0 amide bonds. The van der Waals surface area contributed by atoms with E-state index in [-0.39, 0.29) is 31.0 Å². The molecule has 1 unspecified atom stereocenters. The van der Waals surface area contributed by atoms with E-state index in [1.165, 1.54) is 6.92 Å². The second kappa shape index (κ2) is 14.1. The Morgan fingerprint density at radius 2 is 1.73 bits per heavy atom. The number of hydrogen-bond donors (Lipinski definition) is 1. The zero-order chi connectivity index (χ0) is 36.1. The van der Waals surface area contributed by atoms with Gasteiger partial charge in [0.25, 0.3) is 0 Å². The SMILES string of the molecule is C#CCO[C@]1(C)C[C@@H](C)C(=O)[C@@]2(C)CN(C)[C@H]3C(=O)O[C@](C)(C(CC)OC(=O)[C@H](C)C(=O)[C@H](C)[C@H]1O[C@@H]1O[C@H](C)C[C@H](N(C)C)[C@H]1O)[C@H]32. The van der Waals surface area contributed by atoms with Gasteiger partial charge in [-0.2, -0.15) is 0 Å². The highest BCUT2D eigenvalue weighted by molar-refractivity contribution is 6.00. The summed E-state index contributed by atoms with van der Waals surface area (Å²) < 4.78 is 31.2. The van der Waals surface area contributed by atoms with Crippen LogP contribution in [0.25, 0.3) is 0 Å². The molecule has 12 heteroatoms. The molecule has 1 N–H and O–H groups in total. The number of hydrogen-bond acceptors (Lipinski definition) is 12. The summed E-state index contributed by atoms with van der Waals surface area (Å²) >= 11 is 0. The molecule has 12 nitrogen and oxygen atoms in total. The quantitative estimate of drug-likeness (QED) is 0.251. The number of nitrogens with zero attached hydrogens (tertiary/aromatic N) is 2. The van der Waals surface area contributed by atoms with Crippen LogP contribution >= 0.6 is 0 Å². The van der Waals surface area contributed by atoms with Gasteiger partial charge in [-0.3, -0.25) is 24.1 Å². The van der Waals surface area contributed by atoms with Crippen molar-refractivity contribution in [3.05, 3.63) is 0 Å². The van der Waals surface area contributed by atoms with Crippen molar-refractivity contribution in [1.29, 1.82) is 0 Å². The highest BCUT2D eigenvalue weighted by Crippen LogP contribution is 2.55. The third-order valence-corrected chi connectivity index (χ3v) is 11.6. The fraction of sp³-hybridized carbons (Fsp3) is 0.833. The molecule has 0 aromatic carbocycles. The fourth-order valence-corrected chi connectivity index (χ4v) is 9.24. The first-order valence-corrected chi connectivity index (χ1v) is 17.2. The predicted octanol–water partition coefficient (Wildman–Crippen LogP) is 2.23. The lowest BCUT2D eigenvalue weighted by atomic mass is 9.62. The molecule has 0 aromatic heterocycles. The van der Waals surface area contributed by atoms with Gasteiger partial charge in [-0.15, -0.1) is 6.42 Å². The smallest absolute Gasteiger partial charge is 0.324 e. The minimum Gasteiger partial charge on any atom is -0.458 e. The van der Waals surface area contributed by atoms with Gasteiger partial charge in [-0.25, -0.2) is 0 Å². The summed E-state index contributed by atoms with van der Waals surface area (Å²) in [5.41, 5.74) is -3.75. The minimum atomic E-state index is -1.36. The fourth-order valence-electron chi connectivity index (χ4n) is 9.24. The third-order valence-electron chi connectivity index (χ3n) is 11.6. The molecule has 14 atom stereocenters. The molecule has 4 heterocycles. The van der Waals surface area contributed by atoms with Crippen LogP contribution in [0.3, 0.4) is 0 Å². The van der Waals surface area contributed by atoms with Crippen LogP contribution in [0.15, 0.2) is 0 Å². The minimum absolute atomic E-state index is 0.0868. The van der Waals surface area contributed by atoms with Crippen molar-refractivity contribution in [3.8, 4) is 12.3 Å². The largest absolute Gasteiger partial charge is 0.458 e. The summed E-state index contributed by atoms with van der Waals surface area (Å²) in [5.74, 6) is -2.86. The van der Waals surface area contributed by atoms with E-state index >= 15 is 0 Å². The standard InChI is InChI=1S/C36H56N2O10/c1-13-15-44-35(8)17-19(3)29(41)34(7)18-38(12)25-28(34)36(9,48-32(25)43)24(14-2)46-31(42)22(6)26(39)21(5)30(35)47-33-27(40)23(37(10)11)16-20(4)45-33/h1,19-25,27-28,30,33,40H,14-18H2,2-12H3/t19-,20-,21+,22-,23+,24?,25-,27-,28-,30-,33+,34+,35-,36-/m1/s1. The number of ether oxygens (including phenoxy) is 5. The lowest BCUT2D eigenvalue weighted by Gasteiger charge is -2.48. The lowest BCUT2D eigenvalue weighted by Crippen LogP contribution is -2.60. The molecule has 270 valence electrons. The molecule has 0 spiro atoms. The Morgan fingerprint density at radius 3 is 2.31 bits per heavy atom. The highest BCUT2D eigenvalue weighted by Gasteiger charge is 2.70. The maximum Gasteiger partial charge on any atom is 0.324 e. The van der Waals surface area contributed by atoms with Gasteiger partial charge in [0.15, 0.2) is 17.7 Å². The summed E-state index contributed by atoms with van der Waals surface area (Å²) in [6.07, 6.45) is 2.12. The van der Waals surface area contributed by atoms with Crippen molar-refractivity contribution >= 4 is 23.5 Å². The van der Waals surface area contributed by atoms with Crippen molar-refractivity contribution in [1.82, 2.24) is 9.80 Å². The first-order chi connectivity index (χ1) is 22.3. The molecular weight excluding hydrogens is 620 g/mol. The number of ketones is 2. The van der Waals surface area contributed by atoms with E-state index in [1.54, 1.807) is 34.7 Å². The molecule has 0 bridgehead atoms. The van der Waals surface area contributed by atoms with Crippen LogP contribution in [0.5, 0.6) is 0 Å². The van der Waals surface area contributed by atoms with Crippen molar-refractivity contribution in [2.45, 2.75) is 129 Å². The molecule has 0 aromatic rings. The first-order valence-electron chi connectivity index (χ1n) is 17.2. The van der Waals surface area contributed by atoms with E-state index < -0.39 is 88.7 Å². The van der Waals surface area contributed by atoms with Gasteiger partial charge >= 0.3 is 11.9 Å². The van der Waals surface area contributed by atoms with Gasteiger partial charge in [0.2, 0.25) is 0 Å². The van der Waals surface area contributed by atoms with Crippen LogP contribution in [0.4, 0.5) is 0 Å². The Kier molecular flexibility index (Phi) is 11.3. The molecule has 48 heavy (non-hydrogen) atoms. The number of esters is 2. The van der Waals surface area contributed by atoms with Crippen LogP contribution in [-0.2, 0) is 42.9 Å². The number of likely N-dealkylation sites (tertiary alicyclic amines) is 1. The molecule has 4 aliphatic heterocycles. The average Bonchev–Trinajstić information content (AvgIpc) is 3.47. The predicted molar refractivity (Wildman–Crippen MR) is 175 cm³/mol. The van der Waals surface area contributed by atoms with E-state index in [4.69, 9.17) is 30.1 Å². The second-order valence-corrected chi connectivity index (χ2v) is 15.5. The highest BCUT2D eigenvalue weighted by atomic mass is 16.7. The zero-order valence-corrected chi connectivity index (χ0v) is 30.5. The summed E-state index contributed by atoms with van der Waals surface area (Å²) in [5, 5.41) is 11.4. The summed E-state index contributed by atoms with van der Waals surface area (Å²) in [7, 11) is 5.51. The number of terminal acetylenes is 1. The number of cyclic esters (lactones) is 1. The Balaban J connectivity index is 1.86. The number of carbonyl (C=O) groups is 4. The number of aliphatic hydroxyl groups excluding tert-OH is 1. The molecule has 4 saturated heterocycles. The van der Waals surface area contributed by atoms with Crippen molar-refractivity contribution in [2.75, 3.05) is 34.3 Å². The van der Waals surface area contributed by atoms with Gasteiger partial charge in [-0.1, -0.05) is 33.6 Å². The molecule has 0 aliphatic carbocycles. The molecule has 4 fully saturated rings. The number of likely N-dealkylation sites (N-methyl/N-ethyl adjacent to an activating group) is 2. The van der Waals surface area contributed by atoms with E-state index in [2.05, 4.69) is 5.92 Å². The molecule has 0 radical (unpaired) electrons. The Bertz CT molecular complexity index is 1300. The Hall–Kier alpha value is -2.40. The van der Waals surface area contributed by atoms with Crippen LogP contribution < -0.4 is 0 Å². The maximum absolute atomic E-state index is 14.8. The van der Waals surface area contributed by atoms with Crippen LogP contribution in [0, 0.1) is 41.4 Å². The zero-order valence-electron chi connectivity index (χ0n) is 30.5. The van der Waals surface area contributed by atoms with Crippen LogP contribution in [0.1, 0.15) is 74.7 Å². The lowest BCUT2D eigenvalue weighted by molar-refractivity contribution is -0.296. The summed E-state index contributed by atoms with van der Waals surface area (Å²) in [6, 6.07) is -1.01. The van der Waals surface area contributed by atoms with Gasteiger partial charge in [-0.05, 0) is 68.1 Å². The number of rotatable bonds is 6. The first kappa shape index (κ1) is 38.4. The maximum atomic E-state index is 14.8. The van der Waals surface area contributed by atoms with Crippen LogP contribution in [0.2, 0.25) is 0 Å². The average molecular weight is 677 g/mol. The van der Waals surface area contributed by atoms with Gasteiger partial charge in [0, 0.05) is 35.8 Å². The summed E-state index contributed by atoms with van der Waals surface area (Å²) in [4.78, 5) is 59.9. The van der Waals surface area contributed by atoms with E-state index in [0.29, 0.717) is 19.4 Å².